The number of rotatable bonds is 3. The van der Waals surface area contributed by atoms with Crippen LogP contribution >= 0.6 is 11.6 Å². The molecule has 2 aromatic rings. The number of ether oxygens (including phenoxy) is 1. The summed E-state index contributed by atoms with van der Waals surface area (Å²) in [6, 6.07) is 10.5. The van der Waals surface area contributed by atoms with Crippen LogP contribution in [-0.2, 0) is 21.2 Å². The van der Waals surface area contributed by atoms with Gasteiger partial charge in [-0.15, -0.1) is 0 Å². The summed E-state index contributed by atoms with van der Waals surface area (Å²) in [5.74, 6) is -0.216. The van der Waals surface area contributed by atoms with Crippen molar-refractivity contribution in [3.63, 3.8) is 0 Å². The highest BCUT2D eigenvalue weighted by Crippen LogP contribution is 2.33. The lowest BCUT2D eigenvalue weighted by atomic mass is 9.97. The molecule has 2 aliphatic heterocycles. The number of sulfonamides is 1. The van der Waals surface area contributed by atoms with Crippen LogP contribution in [0.1, 0.15) is 41.8 Å². The number of morpholine rings is 1. The summed E-state index contributed by atoms with van der Waals surface area (Å²) in [7, 11) is -3.86. The average molecular weight is 463 g/mol. The van der Waals surface area contributed by atoms with E-state index in [0.29, 0.717) is 12.1 Å². The second-order valence-electron chi connectivity index (χ2n) is 8.37. The third kappa shape index (κ3) is 4.24. The van der Waals surface area contributed by atoms with Gasteiger partial charge in [0.05, 0.1) is 22.9 Å². The largest absolute Gasteiger partial charge is 0.373 e. The van der Waals surface area contributed by atoms with Gasteiger partial charge in [-0.2, -0.15) is 4.31 Å². The van der Waals surface area contributed by atoms with E-state index in [1.165, 1.54) is 16.4 Å². The molecule has 0 saturated carbocycles. The standard InChI is InChI=1S/C23H27ClN2O4S/c1-15-6-4-7-18-8-5-11-26(22(15)18)23(27)19-9-10-20(24)21(12-19)31(28,29)25-13-16(2)30-17(3)14-25/h4,6-7,9-10,12,16-17H,5,8,11,13-14H2,1-3H3. The summed E-state index contributed by atoms with van der Waals surface area (Å²) >= 11 is 6.31. The summed E-state index contributed by atoms with van der Waals surface area (Å²) in [5.41, 5.74) is 3.41. The van der Waals surface area contributed by atoms with E-state index in [1.807, 2.05) is 39.0 Å². The van der Waals surface area contributed by atoms with Crippen molar-refractivity contribution in [3.8, 4) is 0 Å². The Balaban J connectivity index is 1.70. The van der Waals surface area contributed by atoms with Crippen LogP contribution in [-0.4, -0.2) is 50.5 Å². The van der Waals surface area contributed by atoms with Crippen LogP contribution in [0, 0.1) is 6.92 Å². The molecule has 0 bridgehead atoms. The fourth-order valence-corrected chi connectivity index (χ4v) is 6.60. The maximum absolute atomic E-state index is 13.4. The molecule has 2 atom stereocenters. The SMILES string of the molecule is Cc1cccc2c1N(C(=O)c1ccc(Cl)c(S(=O)(=O)N3CC(C)OC(C)C3)c1)CCC2. The van der Waals surface area contributed by atoms with Gasteiger partial charge >= 0.3 is 0 Å². The van der Waals surface area contributed by atoms with Gasteiger partial charge in [0, 0.05) is 25.2 Å². The van der Waals surface area contributed by atoms with Gasteiger partial charge in [-0.3, -0.25) is 4.79 Å². The number of para-hydroxylation sites is 1. The predicted molar refractivity (Wildman–Crippen MR) is 121 cm³/mol. The minimum Gasteiger partial charge on any atom is -0.373 e. The fourth-order valence-electron chi connectivity index (χ4n) is 4.51. The van der Waals surface area contributed by atoms with Crippen molar-refractivity contribution in [1.82, 2.24) is 4.31 Å². The molecule has 1 saturated heterocycles. The van der Waals surface area contributed by atoms with Crippen molar-refractivity contribution in [1.29, 1.82) is 0 Å². The monoisotopic (exact) mass is 462 g/mol. The smallest absolute Gasteiger partial charge is 0.258 e. The molecule has 2 heterocycles. The van der Waals surface area contributed by atoms with Gasteiger partial charge in [0.2, 0.25) is 10.0 Å². The van der Waals surface area contributed by atoms with Crippen molar-refractivity contribution in [2.75, 3.05) is 24.5 Å². The quantitative estimate of drug-likeness (QED) is 0.690. The van der Waals surface area contributed by atoms with Gasteiger partial charge in [0.15, 0.2) is 0 Å². The molecule has 4 rings (SSSR count). The number of fused-ring (bicyclic) bond motifs is 1. The topological polar surface area (TPSA) is 66.9 Å². The third-order valence-electron chi connectivity index (χ3n) is 5.85. The second-order valence-corrected chi connectivity index (χ2v) is 10.7. The van der Waals surface area contributed by atoms with E-state index >= 15 is 0 Å². The Labute approximate surface area is 188 Å². The lowest BCUT2D eigenvalue weighted by molar-refractivity contribution is -0.0440. The molecule has 0 radical (unpaired) electrons. The molecule has 2 aromatic carbocycles. The maximum atomic E-state index is 13.4. The Kier molecular flexibility index (Phi) is 6.14. The fraction of sp³-hybridized carbons (Fsp3) is 0.435. The van der Waals surface area contributed by atoms with Crippen molar-refractivity contribution in [2.24, 2.45) is 0 Å². The molecule has 2 unspecified atom stereocenters. The summed E-state index contributed by atoms with van der Waals surface area (Å²) in [5, 5.41) is 0.110. The van der Waals surface area contributed by atoms with Gasteiger partial charge in [-0.25, -0.2) is 8.42 Å². The molecule has 1 fully saturated rings. The van der Waals surface area contributed by atoms with Crippen LogP contribution in [0.4, 0.5) is 5.69 Å². The number of hydrogen-bond acceptors (Lipinski definition) is 4. The second kappa shape index (κ2) is 8.54. The number of amides is 1. The van der Waals surface area contributed by atoms with Crippen LogP contribution in [0.5, 0.6) is 0 Å². The molecular formula is C23H27ClN2O4S. The number of carbonyl (C=O) groups excluding carboxylic acids is 1. The Bertz CT molecular complexity index is 1110. The molecule has 0 aliphatic carbocycles. The van der Waals surface area contributed by atoms with Gasteiger partial charge < -0.3 is 9.64 Å². The van der Waals surface area contributed by atoms with E-state index in [9.17, 15) is 13.2 Å². The van der Waals surface area contributed by atoms with Crippen molar-refractivity contribution >= 4 is 33.2 Å². The van der Waals surface area contributed by atoms with E-state index in [4.69, 9.17) is 16.3 Å². The zero-order valence-electron chi connectivity index (χ0n) is 18.0. The highest BCUT2D eigenvalue weighted by atomic mass is 35.5. The third-order valence-corrected chi connectivity index (χ3v) is 8.16. The first-order chi connectivity index (χ1) is 14.7. The lowest BCUT2D eigenvalue weighted by Crippen LogP contribution is -2.48. The van der Waals surface area contributed by atoms with E-state index in [1.54, 1.807) is 11.0 Å². The van der Waals surface area contributed by atoms with Crippen molar-refractivity contribution in [2.45, 2.75) is 50.7 Å². The number of benzene rings is 2. The Morgan fingerprint density at radius 2 is 1.84 bits per heavy atom. The molecule has 31 heavy (non-hydrogen) atoms. The van der Waals surface area contributed by atoms with Crippen LogP contribution in [0.2, 0.25) is 5.02 Å². The zero-order chi connectivity index (χ0) is 22.3. The molecule has 6 nitrogen and oxygen atoms in total. The van der Waals surface area contributed by atoms with Crippen LogP contribution < -0.4 is 4.90 Å². The van der Waals surface area contributed by atoms with Gasteiger partial charge in [-0.1, -0.05) is 29.8 Å². The Morgan fingerprint density at radius 1 is 1.13 bits per heavy atom. The highest BCUT2D eigenvalue weighted by molar-refractivity contribution is 7.89. The molecule has 0 aromatic heterocycles. The molecule has 1 amide bonds. The van der Waals surface area contributed by atoms with Crippen LogP contribution in [0.15, 0.2) is 41.3 Å². The summed E-state index contributed by atoms with van der Waals surface area (Å²) < 4.78 is 33.8. The molecule has 8 heteroatoms. The van der Waals surface area contributed by atoms with Gasteiger partial charge in [0.1, 0.15) is 4.90 Å². The maximum Gasteiger partial charge on any atom is 0.258 e. The first kappa shape index (κ1) is 22.3. The molecule has 0 spiro atoms. The Morgan fingerprint density at radius 3 is 2.55 bits per heavy atom. The minimum atomic E-state index is -3.86. The molecule has 0 N–H and O–H groups in total. The van der Waals surface area contributed by atoms with Crippen LogP contribution in [0.3, 0.4) is 0 Å². The van der Waals surface area contributed by atoms with Crippen molar-refractivity contribution < 1.29 is 17.9 Å². The minimum absolute atomic E-state index is 0.0386. The number of anilines is 1. The number of halogens is 1. The van der Waals surface area contributed by atoms with E-state index in [2.05, 4.69) is 0 Å². The number of carbonyl (C=O) groups is 1. The molecule has 166 valence electrons. The molecule has 2 aliphatic rings. The lowest BCUT2D eigenvalue weighted by Gasteiger charge is -2.34. The van der Waals surface area contributed by atoms with E-state index in [0.717, 1.165) is 29.7 Å². The zero-order valence-corrected chi connectivity index (χ0v) is 19.5. The highest BCUT2D eigenvalue weighted by Gasteiger charge is 2.34. The first-order valence-corrected chi connectivity index (χ1v) is 12.4. The summed E-state index contributed by atoms with van der Waals surface area (Å²) in [6.07, 6.45) is 1.36. The summed E-state index contributed by atoms with van der Waals surface area (Å²) in [6.45, 7) is 6.77. The Hall–Kier alpha value is -1.93. The predicted octanol–water partition coefficient (Wildman–Crippen LogP) is 4.04. The van der Waals surface area contributed by atoms with Crippen molar-refractivity contribution in [3.05, 3.63) is 58.1 Å². The average Bonchev–Trinajstić information content (AvgIpc) is 2.72. The number of aryl methyl sites for hydroxylation is 2. The molecular weight excluding hydrogens is 436 g/mol. The van der Waals surface area contributed by atoms with E-state index < -0.39 is 10.0 Å². The first-order valence-electron chi connectivity index (χ1n) is 10.5. The van der Waals surface area contributed by atoms with Gasteiger partial charge in [0.25, 0.3) is 5.91 Å². The van der Waals surface area contributed by atoms with E-state index in [-0.39, 0.29) is 41.1 Å². The normalized spacial score (nSPS) is 22.3. The van der Waals surface area contributed by atoms with Crippen LogP contribution in [0.25, 0.3) is 0 Å². The van der Waals surface area contributed by atoms with Gasteiger partial charge in [-0.05, 0) is 62.9 Å². The number of nitrogens with zero attached hydrogens (tertiary/aromatic N) is 2. The number of hydrogen-bond donors (Lipinski definition) is 0. The summed E-state index contributed by atoms with van der Waals surface area (Å²) in [4.78, 5) is 15.2.